The largest absolute Gasteiger partial charge is 0.467 e. The summed E-state index contributed by atoms with van der Waals surface area (Å²) in [5.74, 6) is 1.01. The summed E-state index contributed by atoms with van der Waals surface area (Å²) in [4.78, 5) is 15.1. The zero-order valence-electron chi connectivity index (χ0n) is 19.2. The van der Waals surface area contributed by atoms with Crippen molar-refractivity contribution in [3.8, 4) is 0 Å². The van der Waals surface area contributed by atoms with Crippen molar-refractivity contribution >= 4 is 16.8 Å². The van der Waals surface area contributed by atoms with Crippen LogP contribution >= 0.6 is 0 Å². The van der Waals surface area contributed by atoms with E-state index in [2.05, 4.69) is 76.3 Å². The van der Waals surface area contributed by atoms with Crippen molar-refractivity contribution in [1.82, 2.24) is 14.8 Å². The molecule has 4 aromatic rings. The normalized spacial score (nSPS) is 15.2. The molecule has 0 atom stereocenters. The highest BCUT2D eigenvalue weighted by molar-refractivity contribution is 5.81. The second-order valence-corrected chi connectivity index (χ2v) is 9.11. The van der Waals surface area contributed by atoms with Crippen LogP contribution in [0.1, 0.15) is 35.4 Å². The van der Waals surface area contributed by atoms with Crippen LogP contribution in [0.2, 0.25) is 0 Å². The summed E-state index contributed by atoms with van der Waals surface area (Å²) >= 11 is 0. The SMILES string of the molecule is Cc1ccc(Cn2c(CN3CCC(C(=O)NCc4ccco4)CC3)cc3ccccc32)cc1. The Bertz CT molecular complexity index is 1200. The highest BCUT2D eigenvalue weighted by Crippen LogP contribution is 2.25. The molecule has 0 radical (unpaired) electrons. The lowest BCUT2D eigenvalue weighted by molar-refractivity contribution is -0.126. The molecular weight excluding hydrogens is 410 g/mol. The maximum Gasteiger partial charge on any atom is 0.223 e. The van der Waals surface area contributed by atoms with E-state index in [1.165, 1.54) is 27.7 Å². The number of hydrogen-bond donors (Lipinski definition) is 1. The number of nitrogens with one attached hydrogen (secondary N) is 1. The van der Waals surface area contributed by atoms with Gasteiger partial charge in [-0.05, 0) is 68.1 Å². The maximum atomic E-state index is 12.6. The van der Waals surface area contributed by atoms with E-state index in [9.17, 15) is 4.79 Å². The Morgan fingerprint density at radius 2 is 1.79 bits per heavy atom. The zero-order valence-corrected chi connectivity index (χ0v) is 19.2. The Balaban J connectivity index is 1.24. The molecule has 0 saturated carbocycles. The monoisotopic (exact) mass is 441 g/mol. The third-order valence-electron chi connectivity index (χ3n) is 6.72. The van der Waals surface area contributed by atoms with E-state index < -0.39 is 0 Å². The van der Waals surface area contributed by atoms with Crippen LogP contribution in [0.3, 0.4) is 0 Å². The topological polar surface area (TPSA) is 50.4 Å². The van der Waals surface area contributed by atoms with Gasteiger partial charge in [0, 0.05) is 30.2 Å². The Kier molecular flexibility index (Phi) is 6.31. The Morgan fingerprint density at radius 1 is 1.00 bits per heavy atom. The second kappa shape index (κ2) is 9.67. The molecule has 0 aliphatic carbocycles. The van der Waals surface area contributed by atoms with Gasteiger partial charge in [0.1, 0.15) is 5.76 Å². The van der Waals surface area contributed by atoms with Crippen molar-refractivity contribution in [2.24, 2.45) is 5.92 Å². The molecule has 1 aliphatic heterocycles. The van der Waals surface area contributed by atoms with Crippen LogP contribution in [0, 0.1) is 12.8 Å². The third-order valence-corrected chi connectivity index (χ3v) is 6.72. The molecule has 0 unspecified atom stereocenters. The Labute approximate surface area is 195 Å². The molecule has 5 rings (SSSR count). The van der Waals surface area contributed by atoms with E-state index in [1.807, 2.05) is 12.1 Å². The number of aromatic nitrogens is 1. The van der Waals surface area contributed by atoms with Crippen molar-refractivity contribution in [1.29, 1.82) is 0 Å². The van der Waals surface area contributed by atoms with E-state index in [4.69, 9.17) is 4.42 Å². The smallest absolute Gasteiger partial charge is 0.223 e. The van der Waals surface area contributed by atoms with Gasteiger partial charge in [0.05, 0.1) is 12.8 Å². The molecule has 0 spiro atoms. The lowest BCUT2D eigenvalue weighted by Gasteiger charge is -2.31. The van der Waals surface area contributed by atoms with Gasteiger partial charge in [0.25, 0.3) is 0 Å². The number of piperidine rings is 1. The van der Waals surface area contributed by atoms with Gasteiger partial charge in [-0.15, -0.1) is 0 Å². The molecule has 1 amide bonds. The van der Waals surface area contributed by atoms with E-state index >= 15 is 0 Å². The number of carbonyl (C=O) groups is 1. The highest BCUT2D eigenvalue weighted by Gasteiger charge is 2.25. The minimum absolute atomic E-state index is 0.0784. The van der Waals surface area contributed by atoms with Gasteiger partial charge >= 0.3 is 0 Å². The maximum absolute atomic E-state index is 12.6. The van der Waals surface area contributed by atoms with E-state index in [1.54, 1.807) is 6.26 Å². The number of aryl methyl sites for hydroxylation is 1. The predicted octanol–water partition coefficient (Wildman–Crippen LogP) is 5.12. The molecular formula is C28H31N3O2. The molecule has 1 saturated heterocycles. The van der Waals surface area contributed by atoms with Crippen LogP contribution in [0.4, 0.5) is 0 Å². The van der Waals surface area contributed by atoms with Gasteiger partial charge in [-0.1, -0.05) is 48.0 Å². The number of rotatable bonds is 7. The van der Waals surface area contributed by atoms with Crippen LogP contribution < -0.4 is 5.32 Å². The van der Waals surface area contributed by atoms with Crippen LogP contribution in [0.25, 0.3) is 10.9 Å². The Morgan fingerprint density at radius 3 is 2.55 bits per heavy atom. The lowest BCUT2D eigenvalue weighted by atomic mass is 9.96. The molecule has 0 bridgehead atoms. The molecule has 2 aromatic heterocycles. The van der Waals surface area contributed by atoms with E-state index in [-0.39, 0.29) is 11.8 Å². The average molecular weight is 442 g/mol. The van der Waals surface area contributed by atoms with E-state index in [0.717, 1.165) is 44.8 Å². The average Bonchev–Trinajstić information content (AvgIpc) is 3.48. The van der Waals surface area contributed by atoms with Crippen LogP contribution in [-0.2, 0) is 24.4 Å². The van der Waals surface area contributed by atoms with Gasteiger partial charge in [-0.2, -0.15) is 0 Å². The van der Waals surface area contributed by atoms with Gasteiger partial charge in [0.15, 0.2) is 0 Å². The number of amides is 1. The molecule has 5 heteroatoms. The minimum atomic E-state index is 0.0784. The number of carbonyl (C=O) groups excluding carboxylic acids is 1. The molecule has 5 nitrogen and oxygen atoms in total. The molecule has 170 valence electrons. The van der Waals surface area contributed by atoms with Gasteiger partial charge < -0.3 is 14.3 Å². The molecule has 2 aromatic carbocycles. The van der Waals surface area contributed by atoms with Crippen LogP contribution in [0.5, 0.6) is 0 Å². The summed E-state index contributed by atoms with van der Waals surface area (Å²) < 4.78 is 7.76. The lowest BCUT2D eigenvalue weighted by Crippen LogP contribution is -2.40. The predicted molar refractivity (Wildman–Crippen MR) is 131 cm³/mol. The van der Waals surface area contributed by atoms with Gasteiger partial charge in [0.2, 0.25) is 5.91 Å². The summed E-state index contributed by atoms with van der Waals surface area (Å²) in [6, 6.07) is 23.5. The summed E-state index contributed by atoms with van der Waals surface area (Å²) in [5, 5.41) is 4.31. The first-order valence-electron chi connectivity index (χ1n) is 11.8. The van der Waals surface area contributed by atoms with E-state index in [0.29, 0.717) is 6.54 Å². The Hall–Kier alpha value is -3.31. The summed E-state index contributed by atoms with van der Waals surface area (Å²) in [5.41, 5.74) is 5.21. The fourth-order valence-corrected chi connectivity index (χ4v) is 4.78. The first kappa shape index (κ1) is 21.5. The number of hydrogen-bond acceptors (Lipinski definition) is 3. The second-order valence-electron chi connectivity index (χ2n) is 9.11. The number of benzene rings is 2. The molecule has 33 heavy (non-hydrogen) atoms. The molecule has 1 fully saturated rings. The highest BCUT2D eigenvalue weighted by atomic mass is 16.3. The number of furan rings is 1. The first-order valence-corrected chi connectivity index (χ1v) is 11.8. The van der Waals surface area contributed by atoms with Crippen molar-refractivity contribution in [3.05, 3.63) is 95.6 Å². The minimum Gasteiger partial charge on any atom is -0.467 e. The molecule has 1 N–H and O–H groups in total. The summed E-state index contributed by atoms with van der Waals surface area (Å²) in [6.45, 7) is 6.23. The fraction of sp³-hybridized carbons (Fsp3) is 0.321. The number of para-hydroxylation sites is 1. The summed E-state index contributed by atoms with van der Waals surface area (Å²) in [7, 11) is 0. The molecule has 1 aliphatic rings. The number of likely N-dealkylation sites (tertiary alicyclic amines) is 1. The zero-order chi connectivity index (χ0) is 22.6. The van der Waals surface area contributed by atoms with Crippen LogP contribution in [-0.4, -0.2) is 28.5 Å². The molecule has 3 heterocycles. The number of fused-ring (bicyclic) bond motifs is 1. The third kappa shape index (κ3) is 5.04. The van der Waals surface area contributed by atoms with Gasteiger partial charge in [-0.3, -0.25) is 9.69 Å². The first-order chi connectivity index (χ1) is 16.2. The van der Waals surface area contributed by atoms with Crippen molar-refractivity contribution in [3.63, 3.8) is 0 Å². The fourth-order valence-electron chi connectivity index (χ4n) is 4.78. The number of nitrogens with zero attached hydrogens (tertiary/aromatic N) is 2. The van der Waals surface area contributed by atoms with Crippen molar-refractivity contribution in [2.75, 3.05) is 13.1 Å². The van der Waals surface area contributed by atoms with Crippen LogP contribution in [0.15, 0.2) is 77.4 Å². The van der Waals surface area contributed by atoms with Crippen molar-refractivity contribution < 1.29 is 9.21 Å². The standard InChI is InChI=1S/C28H31N3O2/c1-21-8-10-22(11-9-21)19-31-25(17-24-5-2-3-7-27(24)31)20-30-14-12-23(13-15-30)28(32)29-18-26-6-4-16-33-26/h2-11,16-17,23H,12-15,18-20H2,1H3,(H,29,32). The summed E-state index contributed by atoms with van der Waals surface area (Å²) in [6.07, 6.45) is 3.42. The van der Waals surface area contributed by atoms with Crippen molar-refractivity contribution in [2.45, 2.75) is 39.4 Å². The quantitative estimate of drug-likeness (QED) is 0.433. The van der Waals surface area contributed by atoms with Gasteiger partial charge in [-0.25, -0.2) is 0 Å².